The first-order valence-electron chi connectivity index (χ1n) is 10.2. The molecule has 2 aromatic rings. The molecule has 168 valence electrons. The van der Waals surface area contributed by atoms with Crippen LogP contribution in [0.5, 0.6) is 0 Å². The number of nitrogens with one attached hydrogen (secondary N) is 1. The van der Waals surface area contributed by atoms with Gasteiger partial charge in [-0.15, -0.1) is 0 Å². The van der Waals surface area contributed by atoms with E-state index in [-0.39, 0.29) is 22.2 Å². The number of thioether (sulfide) groups is 1. The van der Waals surface area contributed by atoms with Crippen LogP contribution < -0.4 is 9.62 Å². The Morgan fingerprint density at radius 1 is 1.13 bits per heavy atom. The maximum Gasteiger partial charge on any atom is 0.264 e. The average Bonchev–Trinajstić information content (AvgIpc) is 3.25. The van der Waals surface area contributed by atoms with Gasteiger partial charge in [0.2, 0.25) is 5.91 Å². The topological polar surface area (TPSA) is 66.5 Å². The van der Waals surface area contributed by atoms with Crippen molar-refractivity contribution < 1.29 is 13.2 Å². The second-order valence-corrected chi connectivity index (χ2v) is 11.7. The summed E-state index contributed by atoms with van der Waals surface area (Å²) in [6.07, 6.45) is 5.01. The van der Waals surface area contributed by atoms with Crippen LogP contribution in [0.25, 0.3) is 0 Å². The minimum atomic E-state index is -4.02. The predicted octanol–water partition coefficient (Wildman–Crippen LogP) is 5.29. The van der Waals surface area contributed by atoms with Crippen LogP contribution in [0.2, 0.25) is 10.0 Å². The lowest BCUT2D eigenvalue weighted by Gasteiger charge is -2.25. The van der Waals surface area contributed by atoms with Gasteiger partial charge in [0.05, 0.1) is 15.6 Å². The number of amides is 1. The molecule has 2 aromatic carbocycles. The first-order valence-corrected chi connectivity index (χ1v) is 13.4. The largest absolute Gasteiger partial charge is 0.354 e. The summed E-state index contributed by atoms with van der Waals surface area (Å²) < 4.78 is 27.8. The van der Waals surface area contributed by atoms with E-state index in [1.165, 1.54) is 49.9 Å². The molecule has 3 rings (SSSR count). The fourth-order valence-corrected chi connectivity index (χ4v) is 6.56. The van der Waals surface area contributed by atoms with E-state index in [4.69, 9.17) is 23.2 Å². The number of benzene rings is 2. The number of halogens is 2. The maximum absolute atomic E-state index is 13.4. The Bertz CT molecular complexity index is 1010. The fraction of sp³-hybridized carbons (Fsp3) is 0.409. The summed E-state index contributed by atoms with van der Waals surface area (Å²) in [7, 11) is -4.02. The molecule has 1 saturated carbocycles. The molecule has 0 unspecified atom stereocenters. The highest BCUT2D eigenvalue weighted by atomic mass is 35.5. The highest BCUT2D eigenvalue weighted by molar-refractivity contribution is 7.99. The van der Waals surface area contributed by atoms with E-state index in [9.17, 15) is 13.2 Å². The van der Waals surface area contributed by atoms with Crippen LogP contribution in [0.1, 0.15) is 31.2 Å². The van der Waals surface area contributed by atoms with Crippen molar-refractivity contribution in [1.82, 2.24) is 5.32 Å². The number of hydrogen-bond donors (Lipinski definition) is 1. The van der Waals surface area contributed by atoms with E-state index in [1.54, 1.807) is 18.2 Å². The summed E-state index contributed by atoms with van der Waals surface area (Å²) in [5, 5.41) is 4.03. The second kappa shape index (κ2) is 10.9. The van der Waals surface area contributed by atoms with Crippen LogP contribution in [-0.4, -0.2) is 38.4 Å². The minimum Gasteiger partial charge on any atom is -0.354 e. The van der Waals surface area contributed by atoms with Crippen molar-refractivity contribution in [2.24, 2.45) is 0 Å². The maximum atomic E-state index is 13.4. The van der Waals surface area contributed by atoms with Crippen molar-refractivity contribution in [3.63, 3.8) is 0 Å². The zero-order valence-corrected chi connectivity index (χ0v) is 20.5. The molecule has 1 aliphatic rings. The van der Waals surface area contributed by atoms with Crippen LogP contribution in [0.3, 0.4) is 0 Å². The van der Waals surface area contributed by atoms with Gasteiger partial charge in [0.1, 0.15) is 6.54 Å². The summed E-state index contributed by atoms with van der Waals surface area (Å²) >= 11 is 14.3. The Balaban J connectivity index is 1.76. The molecule has 0 saturated heterocycles. The number of nitrogens with zero attached hydrogens (tertiary/aromatic N) is 1. The van der Waals surface area contributed by atoms with Gasteiger partial charge in [0, 0.05) is 22.6 Å². The van der Waals surface area contributed by atoms with Crippen LogP contribution in [0.15, 0.2) is 47.4 Å². The lowest BCUT2D eigenvalue weighted by atomic mass is 10.2. The molecule has 0 aromatic heterocycles. The Morgan fingerprint density at radius 3 is 2.48 bits per heavy atom. The molecule has 1 amide bonds. The van der Waals surface area contributed by atoms with Crippen LogP contribution >= 0.6 is 35.0 Å². The second-order valence-electron chi connectivity index (χ2n) is 7.55. The lowest BCUT2D eigenvalue weighted by molar-refractivity contribution is -0.119. The van der Waals surface area contributed by atoms with Crippen molar-refractivity contribution in [3.05, 3.63) is 58.1 Å². The highest BCUT2D eigenvalue weighted by Crippen LogP contribution is 2.33. The number of carbonyl (C=O) groups excluding carboxylic acids is 1. The van der Waals surface area contributed by atoms with Crippen LogP contribution in [0, 0.1) is 6.92 Å². The van der Waals surface area contributed by atoms with Crippen molar-refractivity contribution in [1.29, 1.82) is 0 Å². The summed E-state index contributed by atoms with van der Waals surface area (Å²) in [6, 6.07) is 11.0. The smallest absolute Gasteiger partial charge is 0.264 e. The molecule has 5 nitrogen and oxygen atoms in total. The van der Waals surface area contributed by atoms with Gasteiger partial charge in [-0.3, -0.25) is 9.10 Å². The third kappa shape index (κ3) is 6.54. The molecule has 0 atom stereocenters. The molecule has 1 fully saturated rings. The van der Waals surface area contributed by atoms with Gasteiger partial charge in [-0.05, 0) is 50.1 Å². The Kier molecular flexibility index (Phi) is 8.56. The number of rotatable bonds is 9. The number of hydrogen-bond acceptors (Lipinski definition) is 4. The van der Waals surface area contributed by atoms with Crippen molar-refractivity contribution in [2.45, 2.75) is 42.8 Å². The zero-order valence-electron chi connectivity index (χ0n) is 17.3. The van der Waals surface area contributed by atoms with Crippen molar-refractivity contribution in [2.75, 3.05) is 23.1 Å². The molecule has 0 spiro atoms. The van der Waals surface area contributed by atoms with E-state index < -0.39 is 15.9 Å². The molecule has 0 radical (unpaired) electrons. The molecular formula is C22H26Cl2N2O3S2. The first kappa shape index (κ1) is 24.2. The van der Waals surface area contributed by atoms with Gasteiger partial charge < -0.3 is 5.32 Å². The third-order valence-electron chi connectivity index (χ3n) is 5.15. The number of carbonyl (C=O) groups is 1. The number of sulfonamides is 1. The van der Waals surface area contributed by atoms with E-state index in [0.717, 1.165) is 15.6 Å². The molecule has 0 aliphatic heterocycles. The number of anilines is 1. The van der Waals surface area contributed by atoms with E-state index in [2.05, 4.69) is 5.32 Å². The Hall–Kier alpha value is -1.41. The minimum absolute atomic E-state index is 0.0822. The quantitative estimate of drug-likeness (QED) is 0.475. The van der Waals surface area contributed by atoms with E-state index >= 15 is 0 Å². The molecule has 9 heteroatoms. The lowest BCUT2D eigenvalue weighted by Crippen LogP contribution is -2.41. The monoisotopic (exact) mass is 500 g/mol. The SMILES string of the molecule is Cc1ccc(S(=O)(=O)N(CC(=O)NCCSC2CCCC2)c2cc(Cl)ccc2Cl)cc1. The summed E-state index contributed by atoms with van der Waals surface area (Å²) in [6.45, 7) is 1.98. The van der Waals surface area contributed by atoms with Gasteiger partial charge >= 0.3 is 0 Å². The normalized spacial score (nSPS) is 14.5. The Morgan fingerprint density at radius 2 is 1.81 bits per heavy atom. The third-order valence-corrected chi connectivity index (χ3v) is 8.86. The van der Waals surface area contributed by atoms with Gasteiger partial charge in [0.15, 0.2) is 0 Å². The van der Waals surface area contributed by atoms with Gasteiger partial charge in [-0.2, -0.15) is 11.8 Å². The Labute approximate surface area is 198 Å². The zero-order chi connectivity index (χ0) is 22.4. The number of aryl methyl sites for hydroxylation is 1. The van der Waals surface area contributed by atoms with Gasteiger partial charge in [0.25, 0.3) is 10.0 Å². The average molecular weight is 502 g/mol. The molecule has 31 heavy (non-hydrogen) atoms. The molecule has 0 bridgehead atoms. The van der Waals surface area contributed by atoms with Crippen LogP contribution in [-0.2, 0) is 14.8 Å². The first-order chi connectivity index (χ1) is 14.8. The summed E-state index contributed by atoms with van der Waals surface area (Å²) in [5.74, 6) is 0.415. The van der Waals surface area contributed by atoms with Crippen LogP contribution in [0.4, 0.5) is 5.69 Å². The van der Waals surface area contributed by atoms with Gasteiger partial charge in [-0.1, -0.05) is 53.7 Å². The summed E-state index contributed by atoms with van der Waals surface area (Å²) in [5.41, 5.74) is 1.11. The summed E-state index contributed by atoms with van der Waals surface area (Å²) in [4.78, 5) is 12.7. The van der Waals surface area contributed by atoms with Crippen molar-refractivity contribution in [3.8, 4) is 0 Å². The molecule has 0 heterocycles. The molecule has 1 aliphatic carbocycles. The van der Waals surface area contributed by atoms with E-state index in [0.29, 0.717) is 16.8 Å². The highest BCUT2D eigenvalue weighted by Gasteiger charge is 2.29. The standard InChI is InChI=1S/C22H26Cl2N2O3S2/c1-16-6-9-19(10-7-16)31(28,29)26(21-14-17(23)8-11-20(21)24)15-22(27)25-12-13-30-18-4-2-3-5-18/h6-11,14,18H,2-5,12-13,15H2,1H3,(H,25,27). The molecule has 1 N–H and O–H groups in total. The molecular weight excluding hydrogens is 475 g/mol. The van der Waals surface area contributed by atoms with E-state index in [1.807, 2.05) is 18.7 Å². The fourth-order valence-electron chi connectivity index (χ4n) is 3.47. The van der Waals surface area contributed by atoms with Gasteiger partial charge in [-0.25, -0.2) is 8.42 Å². The van der Waals surface area contributed by atoms with Crippen molar-refractivity contribution >= 4 is 56.6 Å². The predicted molar refractivity (Wildman–Crippen MR) is 130 cm³/mol.